The summed E-state index contributed by atoms with van der Waals surface area (Å²) in [6.07, 6.45) is 17.5. The van der Waals surface area contributed by atoms with E-state index < -0.39 is 33.7 Å². The first-order chi connectivity index (χ1) is 17.6. The minimum absolute atomic E-state index is 0. The van der Waals surface area contributed by atoms with E-state index in [9.17, 15) is 27.9 Å². The van der Waals surface area contributed by atoms with Gasteiger partial charge >= 0.3 is 11.9 Å². The zero-order chi connectivity index (χ0) is 27.9. The monoisotopic (exact) mass is 585 g/mol. The SMILES string of the molecule is CCCCCCCCCCCCCCCCCC(=O)N(CCO)CCOC(=O)C(CC(=O)O)S(=O)(=O)O.N.N. The first-order valence-electron chi connectivity index (χ1n) is 13.9. The second kappa shape index (κ2) is 26.4. The van der Waals surface area contributed by atoms with Crippen molar-refractivity contribution in [2.75, 3.05) is 26.3 Å². The van der Waals surface area contributed by atoms with Gasteiger partial charge in [0.25, 0.3) is 10.1 Å². The van der Waals surface area contributed by atoms with Crippen molar-refractivity contribution in [1.29, 1.82) is 0 Å². The zero-order valence-corrected chi connectivity index (χ0v) is 24.8. The third-order valence-corrected chi connectivity index (χ3v) is 7.38. The molecule has 0 aromatic heterocycles. The van der Waals surface area contributed by atoms with Crippen molar-refractivity contribution in [3.8, 4) is 0 Å². The highest BCUT2D eigenvalue weighted by atomic mass is 32.2. The Morgan fingerprint density at radius 2 is 1.21 bits per heavy atom. The normalized spacial score (nSPS) is 11.7. The van der Waals surface area contributed by atoms with Crippen LogP contribution < -0.4 is 12.3 Å². The molecule has 12 nitrogen and oxygen atoms in total. The Hall–Kier alpha value is -1.80. The predicted octanol–water partition coefficient (Wildman–Crippen LogP) is 4.67. The lowest BCUT2D eigenvalue weighted by molar-refractivity contribution is -0.148. The smallest absolute Gasteiger partial charge is 0.327 e. The van der Waals surface area contributed by atoms with Gasteiger partial charge in [0.1, 0.15) is 6.61 Å². The highest BCUT2D eigenvalue weighted by Crippen LogP contribution is 2.14. The number of esters is 1. The summed E-state index contributed by atoms with van der Waals surface area (Å²) in [6, 6.07) is 0. The summed E-state index contributed by atoms with van der Waals surface area (Å²) in [5, 5.41) is 15.7. The van der Waals surface area contributed by atoms with E-state index in [1.165, 1.54) is 75.5 Å². The van der Waals surface area contributed by atoms with Crippen molar-refractivity contribution >= 4 is 28.0 Å². The fourth-order valence-corrected chi connectivity index (χ4v) is 4.77. The Bertz CT molecular complexity index is 736. The summed E-state index contributed by atoms with van der Waals surface area (Å²) in [5.41, 5.74) is 0. The van der Waals surface area contributed by atoms with Crippen LogP contribution in [-0.2, 0) is 29.2 Å². The summed E-state index contributed by atoms with van der Waals surface area (Å²) in [7, 11) is -4.95. The molecule has 0 aromatic carbocycles. The summed E-state index contributed by atoms with van der Waals surface area (Å²) < 4.78 is 36.3. The quantitative estimate of drug-likeness (QED) is 0.0561. The molecule has 0 rings (SSSR count). The van der Waals surface area contributed by atoms with Crippen molar-refractivity contribution < 1.29 is 42.3 Å². The Morgan fingerprint density at radius 1 is 0.769 bits per heavy atom. The van der Waals surface area contributed by atoms with Crippen LogP contribution in [-0.4, -0.2) is 77.5 Å². The lowest BCUT2D eigenvalue weighted by atomic mass is 10.0. The van der Waals surface area contributed by atoms with Gasteiger partial charge < -0.3 is 32.2 Å². The fourth-order valence-electron chi connectivity index (χ4n) is 4.11. The first-order valence-corrected chi connectivity index (χ1v) is 15.4. The van der Waals surface area contributed by atoms with E-state index in [1.54, 1.807) is 0 Å². The molecule has 0 bridgehead atoms. The molecule has 0 aliphatic heterocycles. The Labute approximate surface area is 235 Å². The minimum atomic E-state index is -4.95. The number of amides is 1. The van der Waals surface area contributed by atoms with Crippen molar-refractivity contribution in [2.45, 2.75) is 121 Å². The maximum Gasteiger partial charge on any atom is 0.327 e. The van der Waals surface area contributed by atoms with Gasteiger partial charge in [0.15, 0.2) is 5.25 Å². The fraction of sp³-hybridized carbons (Fsp3) is 0.885. The van der Waals surface area contributed by atoms with E-state index >= 15 is 0 Å². The predicted molar refractivity (Wildman–Crippen MR) is 152 cm³/mol. The first kappa shape index (κ1) is 41.7. The van der Waals surface area contributed by atoms with Crippen LogP contribution in [0.2, 0.25) is 0 Å². The number of carboxylic acids is 1. The molecule has 39 heavy (non-hydrogen) atoms. The molecular weight excluding hydrogens is 530 g/mol. The Morgan fingerprint density at radius 3 is 1.59 bits per heavy atom. The number of carbonyl (C=O) groups excluding carboxylic acids is 2. The summed E-state index contributed by atoms with van der Waals surface area (Å²) in [5.74, 6) is -3.19. The molecule has 9 N–H and O–H groups in total. The topological polar surface area (TPSA) is 229 Å². The van der Waals surface area contributed by atoms with Gasteiger partial charge in [0.2, 0.25) is 5.91 Å². The van der Waals surface area contributed by atoms with E-state index in [4.69, 9.17) is 14.4 Å². The van der Waals surface area contributed by atoms with Crippen LogP contribution in [0.3, 0.4) is 0 Å². The number of aliphatic carboxylic acids is 1. The second-order valence-corrected chi connectivity index (χ2v) is 11.2. The number of aliphatic hydroxyl groups excluding tert-OH is 1. The third-order valence-electron chi connectivity index (χ3n) is 6.30. The molecule has 0 fully saturated rings. The molecule has 234 valence electrons. The standard InChI is InChI=1S/C26H49NO9S.2H3N/c1-2-3-4-5-6-7-8-9-10-11-12-13-14-15-16-17-24(29)27(18-20-28)19-21-36-26(32)23(22-25(30)31)37(33,34)35;;/h23,28H,2-22H2,1H3,(H,30,31)(H,33,34,35);2*1H3. The van der Waals surface area contributed by atoms with Gasteiger partial charge in [-0.15, -0.1) is 0 Å². The van der Waals surface area contributed by atoms with Gasteiger partial charge in [0, 0.05) is 13.0 Å². The highest BCUT2D eigenvalue weighted by Gasteiger charge is 2.35. The van der Waals surface area contributed by atoms with E-state index in [-0.39, 0.29) is 44.5 Å². The molecule has 1 unspecified atom stereocenters. The zero-order valence-electron chi connectivity index (χ0n) is 24.0. The van der Waals surface area contributed by atoms with Crippen LogP contribution in [0, 0.1) is 0 Å². The van der Waals surface area contributed by atoms with Crippen LogP contribution in [0.15, 0.2) is 0 Å². The van der Waals surface area contributed by atoms with Gasteiger partial charge in [-0.3, -0.25) is 18.9 Å². The van der Waals surface area contributed by atoms with Gasteiger partial charge in [-0.1, -0.05) is 96.8 Å². The van der Waals surface area contributed by atoms with Gasteiger partial charge in [0.05, 0.1) is 19.6 Å². The number of hydrogen-bond acceptors (Lipinski definition) is 9. The average molecular weight is 586 g/mol. The number of rotatable bonds is 25. The maximum atomic E-state index is 12.4. The Balaban J connectivity index is -0.00000648. The lowest BCUT2D eigenvalue weighted by Crippen LogP contribution is -2.38. The summed E-state index contributed by atoms with van der Waals surface area (Å²) in [6.45, 7) is 1.53. The number of carbonyl (C=O) groups is 3. The second-order valence-electron chi connectivity index (χ2n) is 9.57. The van der Waals surface area contributed by atoms with Gasteiger partial charge in [-0.2, -0.15) is 8.42 Å². The molecule has 0 radical (unpaired) electrons. The largest absolute Gasteiger partial charge is 0.481 e. The average Bonchev–Trinajstić information content (AvgIpc) is 2.83. The molecule has 0 spiro atoms. The van der Waals surface area contributed by atoms with Crippen LogP contribution in [0.1, 0.15) is 116 Å². The molecule has 0 heterocycles. The molecule has 0 saturated heterocycles. The van der Waals surface area contributed by atoms with E-state index in [0.29, 0.717) is 12.8 Å². The van der Waals surface area contributed by atoms with Crippen LogP contribution >= 0.6 is 0 Å². The highest BCUT2D eigenvalue weighted by molar-refractivity contribution is 7.87. The number of aliphatic hydroxyl groups is 1. The van der Waals surface area contributed by atoms with Gasteiger partial charge in [-0.05, 0) is 6.42 Å². The molecular formula is C26H55N3O9S. The van der Waals surface area contributed by atoms with Gasteiger partial charge in [-0.25, -0.2) is 0 Å². The number of unbranched alkanes of at least 4 members (excludes halogenated alkanes) is 14. The van der Waals surface area contributed by atoms with E-state index in [0.717, 1.165) is 19.3 Å². The number of ether oxygens (including phenoxy) is 1. The van der Waals surface area contributed by atoms with E-state index in [1.807, 2.05) is 0 Å². The van der Waals surface area contributed by atoms with Crippen molar-refractivity contribution in [2.24, 2.45) is 0 Å². The Kier molecular flexibility index (Phi) is 28.2. The van der Waals surface area contributed by atoms with Crippen molar-refractivity contribution in [3.05, 3.63) is 0 Å². The number of hydrogen-bond donors (Lipinski definition) is 5. The minimum Gasteiger partial charge on any atom is -0.481 e. The molecule has 0 saturated carbocycles. The van der Waals surface area contributed by atoms with Crippen LogP contribution in [0.4, 0.5) is 0 Å². The maximum absolute atomic E-state index is 12.4. The molecule has 1 atom stereocenters. The molecule has 1 amide bonds. The molecule has 0 aliphatic rings. The molecule has 0 aromatic rings. The lowest BCUT2D eigenvalue weighted by Gasteiger charge is -2.22. The summed E-state index contributed by atoms with van der Waals surface area (Å²) in [4.78, 5) is 36.4. The van der Waals surface area contributed by atoms with E-state index in [2.05, 4.69) is 6.92 Å². The van der Waals surface area contributed by atoms with Crippen LogP contribution in [0.25, 0.3) is 0 Å². The molecule has 0 aliphatic carbocycles. The third kappa shape index (κ3) is 23.8. The summed E-state index contributed by atoms with van der Waals surface area (Å²) >= 11 is 0. The number of carboxylic acid groups (broad SMARTS) is 1. The van der Waals surface area contributed by atoms with Crippen molar-refractivity contribution in [1.82, 2.24) is 17.2 Å². The number of nitrogens with zero attached hydrogens (tertiary/aromatic N) is 1. The molecule has 13 heteroatoms. The van der Waals surface area contributed by atoms with Crippen molar-refractivity contribution in [3.63, 3.8) is 0 Å². The van der Waals surface area contributed by atoms with Crippen LogP contribution in [0.5, 0.6) is 0 Å².